The molecule has 1 unspecified atom stereocenters. The zero-order chi connectivity index (χ0) is 15.8. The number of rotatable bonds is 4. The molecular formula is C17H19N5O. The van der Waals surface area contributed by atoms with Crippen LogP contribution >= 0.6 is 0 Å². The van der Waals surface area contributed by atoms with E-state index < -0.39 is 5.91 Å². The third kappa shape index (κ3) is 2.51. The Hall–Kier alpha value is -2.60. The Labute approximate surface area is 133 Å². The Bertz CT molecular complexity index is 849. The minimum absolute atomic E-state index is 0.168. The van der Waals surface area contributed by atoms with Crippen LogP contribution in [-0.2, 0) is 6.54 Å². The van der Waals surface area contributed by atoms with E-state index in [1.54, 1.807) is 0 Å². The summed E-state index contributed by atoms with van der Waals surface area (Å²) in [6, 6.07) is 8.72. The first-order chi connectivity index (χ1) is 11.2. The summed E-state index contributed by atoms with van der Waals surface area (Å²) in [6.07, 6.45) is 5.60. The molecule has 0 radical (unpaired) electrons. The van der Waals surface area contributed by atoms with Crippen molar-refractivity contribution in [3.05, 3.63) is 53.5 Å². The lowest BCUT2D eigenvalue weighted by atomic mass is 10.1. The number of aromatic nitrogens is 3. The fourth-order valence-corrected chi connectivity index (χ4v) is 3.52. The molecule has 6 nitrogen and oxygen atoms in total. The highest BCUT2D eigenvalue weighted by atomic mass is 16.1. The lowest BCUT2D eigenvalue weighted by molar-refractivity contribution is 0.0997. The van der Waals surface area contributed by atoms with Gasteiger partial charge in [0.1, 0.15) is 0 Å². The standard InChI is InChI=1S/C17H19N5O/c18-17(23)13-9-20-21-16(13)15-2-1-7-22(15)10-11-3-4-14-12(8-11)5-6-19-14/h3-6,8-9,15,19H,1-2,7,10H2,(H2,18,23)(H,20,21). The predicted molar refractivity (Wildman–Crippen MR) is 87.8 cm³/mol. The quantitative estimate of drug-likeness (QED) is 0.691. The number of hydrogen-bond acceptors (Lipinski definition) is 3. The van der Waals surface area contributed by atoms with Crippen molar-refractivity contribution >= 4 is 16.8 Å². The molecule has 3 heterocycles. The van der Waals surface area contributed by atoms with Gasteiger partial charge in [-0.1, -0.05) is 6.07 Å². The number of primary amides is 1. The van der Waals surface area contributed by atoms with Crippen LogP contribution in [0.25, 0.3) is 10.9 Å². The number of hydrogen-bond donors (Lipinski definition) is 3. The van der Waals surface area contributed by atoms with Gasteiger partial charge in [0.25, 0.3) is 5.91 Å². The van der Waals surface area contributed by atoms with Gasteiger partial charge in [-0.2, -0.15) is 5.10 Å². The van der Waals surface area contributed by atoms with E-state index in [2.05, 4.69) is 44.3 Å². The maximum absolute atomic E-state index is 11.6. The van der Waals surface area contributed by atoms with Crippen molar-refractivity contribution in [3.63, 3.8) is 0 Å². The number of nitrogens with zero attached hydrogens (tertiary/aromatic N) is 2. The molecule has 1 aliphatic rings. The molecule has 0 bridgehead atoms. The molecule has 1 atom stereocenters. The third-order valence-corrected chi connectivity index (χ3v) is 4.63. The summed E-state index contributed by atoms with van der Waals surface area (Å²) in [4.78, 5) is 17.2. The van der Waals surface area contributed by atoms with Gasteiger partial charge in [0.2, 0.25) is 0 Å². The molecule has 0 aliphatic carbocycles. The molecule has 23 heavy (non-hydrogen) atoms. The molecule has 1 aliphatic heterocycles. The highest BCUT2D eigenvalue weighted by Gasteiger charge is 2.30. The highest BCUT2D eigenvalue weighted by Crippen LogP contribution is 2.33. The molecule has 0 spiro atoms. The summed E-state index contributed by atoms with van der Waals surface area (Å²) in [7, 11) is 0. The Kier molecular flexibility index (Phi) is 3.38. The zero-order valence-corrected chi connectivity index (χ0v) is 12.7. The fraction of sp³-hybridized carbons (Fsp3) is 0.294. The van der Waals surface area contributed by atoms with Gasteiger partial charge < -0.3 is 10.7 Å². The van der Waals surface area contributed by atoms with Crippen molar-refractivity contribution in [2.75, 3.05) is 6.54 Å². The van der Waals surface area contributed by atoms with Crippen molar-refractivity contribution in [1.82, 2.24) is 20.1 Å². The number of likely N-dealkylation sites (tertiary alicyclic amines) is 1. The lowest BCUT2D eigenvalue weighted by Crippen LogP contribution is -2.25. The summed E-state index contributed by atoms with van der Waals surface area (Å²) < 4.78 is 0. The van der Waals surface area contributed by atoms with Crippen LogP contribution in [0.1, 0.15) is 40.5 Å². The van der Waals surface area contributed by atoms with Crippen molar-refractivity contribution in [3.8, 4) is 0 Å². The first kappa shape index (κ1) is 14.0. The molecule has 4 rings (SSSR count). The smallest absolute Gasteiger partial charge is 0.252 e. The number of nitrogens with one attached hydrogen (secondary N) is 2. The van der Waals surface area contributed by atoms with Crippen molar-refractivity contribution in [2.45, 2.75) is 25.4 Å². The van der Waals surface area contributed by atoms with E-state index in [9.17, 15) is 4.79 Å². The van der Waals surface area contributed by atoms with Gasteiger partial charge in [0.05, 0.1) is 23.5 Å². The number of fused-ring (bicyclic) bond motifs is 1. The topological polar surface area (TPSA) is 90.8 Å². The molecule has 1 amide bonds. The third-order valence-electron chi connectivity index (χ3n) is 4.63. The number of amides is 1. The average molecular weight is 309 g/mol. The van der Waals surface area contributed by atoms with Crippen molar-refractivity contribution in [1.29, 1.82) is 0 Å². The molecule has 4 N–H and O–H groups in total. The van der Waals surface area contributed by atoms with Crippen LogP contribution in [-0.4, -0.2) is 32.5 Å². The van der Waals surface area contributed by atoms with Gasteiger partial charge in [-0.3, -0.25) is 14.8 Å². The van der Waals surface area contributed by atoms with Gasteiger partial charge in [-0.15, -0.1) is 0 Å². The van der Waals surface area contributed by atoms with Crippen LogP contribution in [0.5, 0.6) is 0 Å². The zero-order valence-electron chi connectivity index (χ0n) is 12.7. The van der Waals surface area contributed by atoms with E-state index in [-0.39, 0.29) is 6.04 Å². The molecular weight excluding hydrogens is 290 g/mol. The van der Waals surface area contributed by atoms with E-state index in [1.165, 1.54) is 17.1 Å². The normalized spacial score (nSPS) is 18.7. The van der Waals surface area contributed by atoms with E-state index in [0.29, 0.717) is 5.56 Å². The van der Waals surface area contributed by atoms with Crippen LogP contribution in [0.2, 0.25) is 0 Å². The molecule has 2 aromatic heterocycles. The van der Waals surface area contributed by atoms with Crippen LogP contribution in [0.3, 0.4) is 0 Å². The maximum atomic E-state index is 11.6. The summed E-state index contributed by atoms with van der Waals surface area (Å²) in [5, 5.41) is 8.20. The molecule has 1 saturated heterocycles. The van der Waals surface area contributed by atoms with Gasteiger partial charge in [0.15, 0.2) is 0 Å². The number of H-pyrrole nitrogens is 2. The predicted octanol–water partition coefficient (Wildman–Crippen LogP) is 2.33. The molecule has 1 aromatic carbocycles. The summed E-state index contributed by atoms with van der Waals surface area (Å²) in [6.45, 7) is 1.86. The number of benzene rings is 1. The Morgan fingerprint density at radius 1 is 1.39 bits per heavy atom. The fourth-order valence-electron chi connectivity index (χ4n) is 3.52. The second kappa shape index (κ2) is 5.55. The second-order valence-electron chi connectivity index (χ2n) is 6.09. The lowest BCUT2D eigenvalue weighted by Gasteiger charge is -2.24. The summed E-state index contributed by atoms with van der Waals surface area (Å²) >= 11 is 0. The summed E-state index contributed by atoms with van der Waals surface area (Å²) in [5.41, 5.74) is 9.22. The van der Waals surface area contributed by atoms with Crippen LogP contribution in [0, 0.1) is 0 Å². The van der Waals surface area contributed by atoms with Crippen molar-refractivity contribution in [2.24, 2.45) is 5.73 Å². The van der Waals surface area contributed by atoms with Gasteiger partial charge in [0, 0.05) is 18.3 Å². The second-order valence-corrected chi connectivity index (χ2v) is 6.09. The molecule has 118 valence electrons. The molecule has 6 heteroatoms. The molecule has 0 saturated carbocycles. The summed E-state index contributed by atoms with van der Waals surface area (Å²) in [5.74, 6) is -0.422. The first-order valence-corrected chi connectivity index (χ1v) is 7.85. The molecule has 3 aromatic rings. The van der Waals surface area contributed by atoms with Crippen LogP contribution < -0.4 is 5.73 Å². The largest absolute Gasteiger partial charge is 0.365 e. The van der Waals surface area contributed by atoms with Gasteiger partial charge in [-0.25, -0.2) is 0 Å². The number of nitrogens with two attached hydrogens (primary N) is 1. The van der Waals surface area contributed by atoms with Gasteiger partial charge in [-0.05, 0) is 48.5 Å². The van der Waals surface area contributed by atoms with Crippen molar-refractivity contribution < 1.29 is 4.79 Å². The van der Waals surface area contributed by atoms with Crippen LogP contribution in [0.15, 0.2) is 36.7 Å². The van der Waals surface area contributed by atoms with Crippen LogP contribution in [0.4, 0.5) is 0 Å². The van der Waals surface area contributed by atoms with E-state index in [0.717, 1.165) is 37.1 Å². The average Bonchev–Trinajstić information content (AvgIpc) is 3.26. The SMILES string of the molecule is NC(=O)c1cn[nH]c1C1CCCN1Cc1ccc2[nH]ccc2c1. The van der Waals surface area contributed by atoms with E-state index >= 15 is 0 Å². The monoisotopic (exact) mass is 309 g/mol. The Morgan fingerprint density at radius 2 is 2.30 bits per heavy atom. The number of carbonyl (C=O) groups is 1. The van der Waals surface area contributed by atoms with E-state index in [4.69, 9.17) is 5.73 Å². The Balaban J connectivity index is 1.60. The highest BCUT2D eigenvalue weighted by molar-refractivity contribution is 5.93. The minimum atomic E-state index is -0.422. The Morgan fingerprint density at radius 3 is 3.17 bits per heavy atom. The molecule has 1 fully saturated rings. The number of carbonyl (C=O) groups excluding carboxylic acids is 1. The number of aromatic amines is 2. The first-order valence-electron chi connectivity index (χ1n) is 7.85. The minimum Gasteiger partial charge on any atom is -0.365 e. The van der Waals surface area contributed by atoms with Gasteiger partial charge >= 0.3 is 0 Å². The van der Waals surface area contributed by atoms with E-state index in [1.807, 2.05) is 6.20 Å². The maximum Gasteiger partial charge on any atom is 0.252 e.